The molecule has 94 valence electrons. The minimum atomic E-state index is -0.768. The van der Waals surface area contributed by atoms with E-state index in [1.165, 1.54) is 30.3 Å². The summed E-state index contributed by atoms with van der Waals surface area (Å²) in [6.07, 6.45) is 0. The summed E-state index contributed by atoms with van der Waals surface area (Å²) >= 11 is 15.2. The first-order valence-electron chi connectivity index (χ1n) is 5.03. The van der Waals surface area contributed by atoms with E-state index in [0.717, 1.165) is 0 Å². The molecule has 2 aromatic carbocycles. The van der Waals surface area contributed by atoms with Crippen molar-refractivity contribution in [3.63, 3.8) is 0 Å². The molecule has 0 spiro atoms. The van der Waals surface area contributed by atoms with Crippen LogP contribution >= 0.6 is 39.1 Å². The van der Waals surface area contributed by atoms with Crippen LogP contribution in [0.15, 0.2) is 40.9 Å². The van der Waals surface area contributed by atoms with Gasteiger partial charge in [0.05, 0.1) is 9.85 Å². The molecule has 0 saturated carbocycles. The van der Waals surface area contributed by atoms with Crippen LogP contribution in [0.4, 0.5) is 8.78 Å². The predicted molar refractivity (Wildman–Crippen MR) is 73.2 cm³/mol. The highest BCUT2D eigenvalue weighted by Crippen LogP contribution is 2.36. The number of benzene rings is 2. The first-order valence-corrected chi connectivity index (χ1v) is 6.64. The highest BCUT2D eigenvalue weighted by atomic mass is 79.9. The number of halogens is 5. The first kappa shape index (κ1) is 13.8. The summed E-state index contributed by atoms with van der Waals surface area (Å²) in [6.45, 7) is 0. The van der Waals surface area contributed by atoms with Gasteiger partial charge >= 0.3 is 0 Å². The van der Waals surface area contributed by atoms with Gasteiger partial charge in [-0.1, -0.05) is 23.7 Å². The molecule has 2 rings (SSSR count). The zero-order valence-corrected chi connectivity index (χ0v) is 12.0. The van der Waals surface area contributed by atoms with Gasteiger partial charge in [-0.05, 0) is 45.8 Å². The molecule has 0 aromatic heterocycles. The normalized spacial score (nSPS) is 12.5. The van der Waals surface area contributed by atoms with E-state index in [0.29, 0.717) is 5.56 Å². The molecule has 0 amide bonds. The third kappa shape index (κ3) is 2.68. The average Bonchev–Trinajstić information content (AvgIpc) is 2.32. The van der Waals surface area contributed by atoms with Crippen molar-refractivity contribution in [2.45, 2.75) is 5.38 Å². The Morgan fingerprint density at radius 2 is 1.78 bits per heavy atom. The Morgan fingerprint density at radius 1 is 1.06 bits per heavy atom. The lowest BCUT2D eigenvalue weighted by Crippen LogP contribution is -1.98. The second kappa shape index (κ2) is 5.55. The molecule has 0 aliphatic heterocycles. The molecule has 0 aliphatic carbocycles. The minimum absolute atomic E-state index is 0.194. The van der Waals surface area contributed by atoms with Gasteiger partial charge in [-0.2, -0.15) is 0 Å². The van der Waals surface area contributed by atoms with Gasteiger partial charge in [0.15, 0.2) is 0 Å². The van der Waals surface area contributed by atoms with Gasteiger partial charge < -0.3 is 0 Å². The van der Waals surface area contributed by atoms with Crippen molar-refractivity contribution in [2.24, 2.45) is 0 Å². The minimum Gasteiger partial charge on any atom is -0.207 e. The molecule has 0 fully saturated rings. The van der Waals surface area contributed by atoms with E-state index in [1.54, 1.807) is 6.07 Å². The Bertz CT molecular complexity index is 567. The second-order valence-corrected chi connectivity index (χ2v) is 5.37. The van der Waals surface area contributed by atoms with Gasteiger partial charge in [0.1, 0.15) is 11.6 Å². The predicted octanol–water partition coefficient (Wildman–Crippen LogP) is 5.71. The Hall–Kier alpha value is -0.640. The van der Waals surface area contributed by atoms with Crippen LogP contribution in [0.25, 0.3) is 0 Å². The largest absolute Gasteiger partial charge is 0.207 e. The van der Waals surface area contributed by atoms with E-state index in [4.69, 9.17) is 23.2 Å². The van der Waals surface area contributed by atoms with Crippen LogP contribution in [-0.4, -0.2) is 0 Å². The number of hydrogen-bond donors (Lipinski definition) is 0. The van der Waals surface area contributed by atoms with Crippen molar-refractivity contribution in [2.75, 3.05) is 0 Å². The van der Waals surface area contributed by atoms with Crippen LogP contribution in [0, 0.1) is 11.6 Å². The van der Waals surface area contributed by atoms with Crippen LogP contribution in [-0.2, 0) is 0 Å². The standard InChI is InChI=1S/C13H7BrCl2F2/c14-8-6-7(4-5-10(8)17)13(16)12-9(15)2-1-3-11(12)18/h1-6,13H. The van der Waals surface area contributed by atoms with E-state index in [1.807, 2.05) is 0 Å². The van der Waals surface area contributed by atoms with E-state index in [2.05, 4.69) is 15.9 Å². The Kier molecular flexibility index (Phi) is 4.25. The number of alkyl halides is 1. The lowest BCUT2D eigenvalue weighted by molar-refractivity contribution is 0.611. The van der Waals surface area contributed by atoms with Crippen LogP contribution < -0.4 is 0 Å². The third-order valence-electron chi connectivity index (χ3n) is 2.49. The highest BCUT2D eigenvalue weighted by Gasteiger charge is 2.19. The summed E-state index contributed by atoms with van der Waals surface area (Å²) in [6, 6.07) is 8.63. The maximum Gasteiger partial charge on any atom is 0.137 e. The summed E-state index contributed by atoms with van der Waals surface area (Å²) < 4.78 is 27.1. The van der Waals surface area contributed by atoms with Crippen molar-refractivity contribution in [1.29, 1.82) is 0 Å². The number of hydrogen-bond acceptors (Lipinski definition) is 0. The van der Waals surface area contributed by atoms with Gasteiger partial charge in [0, 0.05) is 10.6 Å². The topological polar surface area (TPSA) is 0 Å². The molecule has 0 N–H and O–H groups in total. The fourth-order valence-electron chi connectivity index (χ4n) is 1.59. The quantitative estimate of drug-likeness (QED) is 0.608. The summed E-state index contributed by atoms with van der Waals surface area (Å²) in [4.78, 5) is 0. The fourth-order valence-corrected chi connectivity index (χ4v) is 2.67. The summed E-state index contributed by atoms with van der Waals surface area (Å²) in [5.74, 6) is -0.884. The molecule has 0 aliphatic rings. The molecule has 1 unspecified atom stereocenters. The van der Waals surface area contributed by atoms with Crippen molar-refractivity contribution >= 4 is 39.1 Å². The molecule has 1 atom stereocenters. The van der Waals surface area contributed by atoms with Crippen molar-refractivity contribution < 1.29 is 8.78 Å². The molecular weight excluding hydrogens is 345 g/mol. The van der Waals surface area contributed by atoms with Crippen LogP contribution in [0.3, 0.4) is 0 Å². The molecule has 5 heteroatoms. The maximum atomic E-state index is 13.7. The zero-order valence-electron chi connectivity index (χ0n) is 8.93. The fraction of sp³-hybridized carbons (Fsp3) is 0.0769. The van der Waals surface area contributed by atoms with Crippen molar-refractivity contribution in [1.82, 2.24) is 0 Å². The first-order chi connectivity index (χ1) is 8.50. The van der Waals surface area contributed by atoms with Crippen LogP contribution in [0.2, 0.25) is 5.02 Å². The van der Waals surface area contributed by atoms with Crippen LogP contribution in [0.1, 0.15) is 16.5 Å². The Labute approximate surface area is 122 Å². The molecule has 0 nitrogen and oxygen atoms in total. The summed E-state index contributed by atoms with van der Waals surface area (Å²) in [5.41, 5.74) is 0.760. The zero-order chi connectivity index (χ0) is 13.3. The second-order valence-electron chi connectivity index (χ2n) is 3.67. The van der Waals surface area contributed by atoms with Gasteiger partial charge in [-0.3, -0.25) is 0 Å². The molecule has 2 aromatic rings. The average molecular weight is 352 g/mol. The Morgan fingerprint density at radius 3 is 2.39 bits per heavy atom. The molecule has 0 heterocycles. The SMILES string of the molecule is Fc1ccc(C(Cl)c2c(F)cccc2Cl)cc1Br. The highest BCUT2D eigenvalue weighted by molar-refractivity contribution is 9.10. The lowest BCUT2D eigenvalue weighted by Gasteiger charge is -2.13. The molecule has 18 heavy (non-hydrogen) atoms. The molecule has 0 bridgehead atoms. The number of rotatable bonds is 2. The summed E-state index contributed by atoms with van der Waals surface area (Å²) in [7, 11) is 0. The molecular formula is C13H7BrCl2F2. The van der Waals surface area contributed by atoms with Gasteiger partial charge in [-0.25, -0.2) is 8.78 Å². The van der Waals surface area contributed by atoms with Gasteiger partial charge in [0.25, 0.3) is 0 Å². The van der Waals surface area contributed by atoms with E-state index >= 15 is 0 Å². The van der Waals surface area contributed by atoms with Crippen molar-refractivity contribution in [3.05, 3.63) is 68.7 Å². The van der Waals surface area contributed by atoms with E-state index in [-0.39, 0.29) is 15.1 Å². The van der Waals surface area contributed by atoms with Gasteiger partial charge in [-0.15, -0.1) is 11.6 Å². The lowest BCUT2D eigenvalue weighted by atomic mass is 10.0. The van der Waals surface area contributed by atoms with E-state index < -0.39 is 17.0 Å². The third-order valence-corrected chi connectivity index (χ3v) is 3.90. The Balaban J connectivity index is 2.48. The van der Waals surface area contributed by atoms with E-state index in [9.17, 15) is 8.78 Å². The smallest absolute Gasteiger partial charge is 0.137 e. The monoisotopic (exact) mass is 350 g/mol. The molecule has 0 radical (unpaired) electrons. The maximum absolute atomic E-state index is 13.7. The molecule has 0 saturated heterocycles. The summed E-state index contributed by atoms with van der Waals surface area (Å²) in [5, 5.41) is -0.522. The van der Waals surface area contributed by atoms with Crippen LogP contribution in [0.5, 0.6) is 0 Å². The van der Waals surface area contributed by atoms with Gasteiger partial charge in [0.2, 0.25) is 0 Å². The van der Waals surface area contributed by atoms with Crippen molar-refractivity contribution in [3.8, 4) is 0 Å².